The number of rotatable bonds is 9. The Hall–Kier alpha value is -3.85. The molecule has 0 fully saturated rings. The van der Waals surface area contributed by atoms with Crippen LogP contribution in [0.15, 0.2) is 59.8 Å². The average Bonchev–Trinajstić information content (AvgIpc) is 3.23. The Balaban J connectivity index is 1.74. The fourth-order valence-corrected chi connectivity index (χ4v) is 3.88. The first-order valence-corrected chi connectivity index (χ1v) is 10.7. The Morgan fingerprint density at radius 3 is 2.70 bits per heavy atom. The normalized spacial score (nSPS) is 15.1. The quantitative estimate of drug-likeness (QED) is 0.458. The number of aryl methyl sites for hydroxylation is 1. The molecule has 2 aromatic carbocycles. The molecular weight excluding hydrogens is 422 g/mol. The van der Waals surface area contributed by atoms with Crippen molar-refractivity contribution >= 4 is 11.9 Å². The second kappa shape index (κ2) is 9.74. The van der Waals surface area contributed by atoms with Crippen molar-refractivity contribution in [1.82, 2.24) is 14.8 Å². The van der Waals surface area contributed by atoms with Gasteiger partial charge in [0.05, 0.1) is 12.7 Å². The molecule has 4 N–H and O–H groups in total. The number of ether oxygens (including phenoxy) is 2. The smallest absolute Gasteiger partial charge is 0.248 e. The van der Waals surface area contributed by atoms with Crippen molar-refractivity contribution in [2.45, 2.75) is 32.4 Å². The second-order valence-corrected chi connectivity index (χ2v) is 7.74. The molecule has 0 bridgehead atoms. The Bertz CT molecular complexity index is 1170. The summed E-state index contributed by atoms with van der Waals surface area (Å²) in [5.41, 5.74) is 8.55. The summed E-state index contributed by atoms with van der Waals surface area (Å²) in [5, 5.41) is 16.9. The highest BCUT2D eigenvalue weighted by atomic mass is 16.5. The molecule has 1 atom stereocenters. The highest BCUT2D eigenvalue weighted by Gasteiger charge is 2.33. The Kier molecular flexibility index (Phi) is 6.60. The standard InChI is InChI=1S/C24H27N5O4/c1-15-21(23(25)31)22(29-24(26-15)27-20(28-29)9-6-12-30)17-10-11-18(32-2)19(13-17)33-14-16-7-4-3-5-8-16/h3-5,7-8,10-11,13,22,30H,6,9,12,14H2,1-2H3,(H2,25,31)(H,26,27,28)/t22-/m1/s1. The number of primary amides is 1. The van der Waals surface area contributed by atoms with Gasteiger partial charge in [-0.15, -0.1) is 0 Å². The summed E-state index contributed by atoms with van der Waals surface area (Å²) in [6, 6.07) is 14.7. The number of amides is 1. The molecule has 2 heterocycles. The molecule has 172 valence electrons. The zero-order valence-electron chi connectivity index (χ0n) is 18.6. The lowest BCUT2D eigenvalue weighted by atomic mass is 9.95. The third-order valence-electron chi connectivity index (χ3n) is 5.46. The monoisotopic (exact) mass is 449 g/mol. The van der Waals surface area contributed by atoms with Crippen molar-refractivity contribution in [2.24, 2.45) is 5.73 Å². The maximum Gasteiger partial charge on any atom is 0.248 e. The first-order chi connectivity index (χ1) is 16.0. The molecular formula is C24H27N5O4. The van der Waals surface area contributed by atoms with E-state index in [9.17, 15) is 4.79 Å². The molecule has 1 aliphatic heterocycles. The van der Waals surface area contributed by atoms with Gasteiger partial charge in [-0.25, -0.2) is 4.68 Å². The summed E-state index contributed by atoms with van der Waals surface area (Å²) < 4.78 is 13.2. The number of anilines is 1. The van der Waals surface area contributed by atoms with Crippen LogP contribution in [0.4, 0.5) is 5.95 Å². The van der Waals surface area contributed by atoms with Crippen LogP contribution in [-0.2, 0) is 17.8 Å². The van der Waals surface area contributed by atoms with Gasteiger partial charge in [0.1, 0.15) is 12.6 Å². The minimum absolute atomic E-state index is 0.0468. The van der Waals surface area contributed by atoms with Crippen LogP contribution in [0.2, 0.25) is 0 Å². The Labute approximate surface area is 191 Å². The fraction of sp³-hybridized carbons (Fsp3) is 0.292. The number of methoxy groups -OCH3 is 1. The van der Waals surface area contributed by atoms with Crippen molar-refractivity contribution in [3.05, 3.63) is 76.8 Å². The van der Waals surface area contributed by atoms with Gasteiger partial charge < -0.3 is 25.6 Å². The molecule has 0 saturated heterocycles. The van der Waals surface area contributed by atoms with E-state index in [1.807, 2.05) is 42.5 Å². The molecule has 4 rings (SSSR count). The lowest BCUT2D eigenvalue weighted by Crippen LogP contribution is -2.31. The number of hydrogen-bond donors (Lipinski definition) is 3. The fourth-order valence-electron chi connectivity index (χ4n) is 3.88. The predicted octanol–water partition coefficient (Wildman–Crippen LogP) is 2.56. The van der Waals surface area contributed by atoms with Gasteiger partial charge in [0.25, 0.3) is 0 Å². The van der Waals surface area contributed by atoms with E-state index in [0.717, 1.165) is 11.1 Å². The lowest BCUT2D eigenvalue weighted by molar-refractivity contribution is -0.115. The number of nitrogens with two attached hydrogens (primary N) is 1. The van der Waals surface area contributed by atoms with Crippen LogP contribution in [0.3, 0.4) is 0 Å². The zero-order valence-corrected chi connectivity index (χ0v) is 18.6. The third-order valence-corrected chi connectivity index (χ3v) is 5.46. The summed E-state index contributed by atoms with van der Waals surface area (Å²) in [7, 11) is 1.58. The van der Waals surface area contributed by atoms with Gasteiger partial charge in [-0.2, -0.15) is 10.1 Å². The first-order valence-electron chi connectivity index (χ1n) is 10.7. The summed E-state index contributed by atoms with van der Waals surface area (Å²) in [6.07, 6.45) is 1.06. The van der Waals surface area contributed by atoms with E-state index in [-0.39, 0.29) is 6.61 Å². The number of aliphatic hydroxyl groups is 1. The highest BCUT2D eigenvalue weighted by Crippen LogP contribution is 2.38. The van der Waals surface area contributed by atoms with Crippen molar-refractivity contribution in [1.29, 1.82) is 0 Å². The van der Waals surface area contributed by atoms with E-state index in [4.69, 9.17) is 20.3 Å². The van der Waals surface area contributed by atoms with E-state index >= 15 is 0 Å². The third kappa shape index (κ3) is 4.68. The van der Waals surface area contributed by atoms with Crippen LogP contribution >= 0.6 is 0 Å². The molecule has 3 aromatic rings. The molecule has 9 nitrogen and oxygen atoms in total. The highest BCUT2D eigenvalue weighted by molar-refractivity contribution is 5.95. The van der Waals surface area contributed by atoms with Gasteiger partial charge in [0, 0.05) is 18.7 Å². The maximum atomic E-state index is 12.4. The van der Waals surface area contributed by atoms with Crippen molar-refractivity contribution in [2.75, 3.05) is 19.0 Å². The van der Waals surface area contributed by atoms with Gasteiger partial charge in [0.15, 0.2) is 17.3 Å². The minimum Gasteiger partial charge on any atom is -0.493 e. The van der Waals surface area contributed by atoms with Crippen LogP contribution in [0.5, 0.6) is 11.5 Å². The van der Waals surface area contributed by atoms with Gasteiger partial charge in [0.2, 0.25) is 11.9 Å². The zero-order chi connectivity index (χ0) is 23.4. The van der Waals surface area contributed by atoms with Crippen molar-refractivity contribution in [3.8, 4) is 11.5 Å². The number of fused-ring (bicyclic) bond motifs is 1. The lowest BCUT2D eigenvalue weighted by Gasteiger charge is -2.28. The number of allylic oxidation sites excluding steroid dienone is 1. The van der Waals surface area contributed by atoms with Crippen LogP contribution in [0.1, 0.15) is 36.3 Å². The number of benzene rings is 2. The number of aromatic nitrogens is 3. The number of carbonyl (C=O) groups is 1. The van der Waals surface area contributed by atoms with Crippen molar-refractivity contribution < 1.29 is 19.4 Å². The predicted molar refractivity (Wildman–Crippen MR) is 123 cm³/mol. The molecule has 33 heavy (non-hydrogen) atoms. The second-order valence-electron chi connectivity index (χ2n) is 7.74. The Morgan fingerprint density at radius 1 is 1.21 bits per heavy atom. The maximum absolute atomic E-state index is 12.4. The average molecular weight is 450 g/mol. The molecule has 1 amide bonds. The van der Waals surface area contributed by atoms with Crippen LogP contribution in [-0.4, -0.2) is 39.5 Å². The largest absolute Gasteiger partial charge is 0.493 e. The summed E-state index contributed by atoms with van der Waals surface area (Å²) in [6.45, 7) is 2.20. The first kappa shape index (κ1) is 22.3. The number of carbonyl (C=O) groups excluding carboxylic acids is 1. The minimum atomic E-state index is -0.584. The summed E-state index contributed by atoms with van der Waals surface area (Å²) in [5.74, 6) is 1.65. The van der Waals surface area contributed by atoms with E-state index in [2.05, 4.69) is 15.4 Å². The SMILES string of the molecule is COc1ccc([C@@H]2C(C(N)=O)=C(C)Nc3nc(CCCO)nn32)cc1OCc1ccccc1. The van der Waals surface area contributed by atoms with Crippen LogP contribution in [0, 0.1) is 0 Å². The molecule has 9 heteroatoms. The van der Waals surface area contributed by atoms with E-state index in [1.165, 1.54) is 0 Å². The molecule has 0 radical (unpaired) electrons. The van der Waals surface area contributed by atoms with E-state index < -0.39 is 11.9 Å². The molecule has 1 aromatic heterocycles. The van der Waals surface area contributed by atoms with Crippen molar-refractivity contribution in [3.63, 3.8) is 0 Å². The molecule has 0 spiro atoms. The molecule has 1 aliphatic rings. The van der Waals surface area contributed by atoms with E-state index in [0.29, 0.717) is 54.0 Å². The topological polar surface area (TPSA) is 125 Å². The van der Waals surface area contributed by atoms with Crippen LogP contribution in [0.25, 0.3) is 0 Å². The summed E-state index contributed by atoms with van der Waals surface area (Å²) >= 11 is 0. The Morgan fingerprint density at radius 2 is 2.00 bits per heavy atom. The van der Waals surface area contributed by atoms with Gasteiger partial charge in [-0.05, 0) is 36.6 Å². The molecule has 0 saturated carbocycles. The number of aliphatic hydroxyl groups excluding tert-OH is 1. The number of hydrogen-bond acceptors (Lipinski definition) is 7. The van der Waals surface area contributed by atoms with Gasteiger partial charge >= 0.3 is 0 Å². The number of nitrogens with zero attached hydrogens (tertiary/aromatic N) is 3. The molecule has 0 aliphatic carbocycles. The van der Waals surface area contributed by atoms with Crippen LogP contribution < -0.4 is 20.5 Å². The molecule has 0 unspecified atom stereocenters. The van der Waals surface area contributed by atoms with Gasteiger partial charge in [-0.1, -0.05) is 36.4 Å². The summed E-state index contributed by atoms with van der Waals surface area (Å²) in [4.78, 5) is 17.0. The van der Waals surface area contributed by atoms with Gasteiger partial charge in [-0.3, -0.25) is 4.79 Å². The number of nitrogens with one attached hydrogen (secondary N) is 1. The van der Waals surface area contributed by atoms with E-state index in [1.54, 1.807) is 24.8 Å².